The zero-order chi connectivity index (χ0) is 20.0. The normalized spacial score (nSPS) is 19.4. The molecular weight excluding hydrogens is 368 g/mol. The van der Waals surface area contributed by atoms with Crippen LogP contribution >= 0.6 is 0 Å². The summed E-state index contributed by atoms with van der Waals surface area (Å²) < 4.78 is 27.9. The summed E-state index contributed by atoms with van der Waals surface area (Å²) in [7, 11) is -3.43. The summed E-state index contributed by atoms with van der Waals surface area (Å²) >= 11 is 0. The standard InChI is InChI=1S/C23H32N2O2S/c1-19-10-14-23(15-11-19)28(26,27)24-17-22-9-6-16-25(18-22)20(2)12-13-21-7-4-3-5-8-21/h3-5,7-8,10-11,14-15,20,22,24H,6,9,12-13,16-18H2,1-2H3. The van der Waals surface area contributed by atoms with Crippen LogP contribution in [-0.2, 0) is 16.4 Å². The molecule has 152 valence electrons. The summed E-state index contributed by atoms with van der Waals surface area (Å²) in [5, 5.41) is 0. The molecule has 2 atom stereocenters. The number of nitrogens with one attached hydrogen (secondary N) is 1. The Bertz CT molecular complexity index is 835. The Kier molecular flexibility index (Phi) is 7.27. The summed E-state index contributed by atoms with van der Waals surface area (Å²) in [6.07, 6.45) is 4.43. The molecule has 4 nitrogen and oxygen atoms in total. The molecule has 1 N–H and O–H groups in total. The minimum Gasteiger partial charge on any atom is -0.300 e. The van der Waals surface area contributed by atoms with Gasteiger partial charge in [0.1, 0.15) is 0 Å². The van der Waals surface area contributed by atoms with Crippen LogP contribution in [0, 0.1) is 12.8 Å². The first-order valence-corrected chi connectivity index (χ1v) is 11.8. The quantitative estimate of drug-likeness (QED) is 0.728. The monoisotopic (exact) mass is 400 g/mol. The summed E-state index contributed by atoms with van der Waals surface area (Å²) in [5.74, 6) is 0.369. The fourth-order valence-electron chi connectivity index (χ4n) is 3.90. The van der Waals surface area contributed by atoms with Crippen molar-refractivity contribution in [3.8, 4) is 0 Å². The van der Waals surface area contributed by atoms with Gasteiger partial charge in [-0.3, -0.25) is 0 Å². The average molecular weight is 401 g/mol. The third kappa shape index (κ3) is 5.90. The number of piperidine rings is 1. The highest BCUT2D eigenvalue weighted by molar-refractivity contribution is 7.89. The first kappa shape index (κ1) is 21.0. The molecule has 1 saturated heterocycles. The molecule has 0 aliphatic carbocycles. The molecule has 0 saturated carbocycles. The maximum atomic E-state index is 12.5. The number of hydrogen-bond acceptors (Lipinski definition) is 3. The van der Waals surface area contributed by atoms with Gasteiger partial charge in [0.15, 0.2) is 0 Å². The van der Waals surface area contributed by atoms with Gasteiger partial charge in [-0.1, -0.05) is 48.0 Å². The second-order valence-corrected chi connectivity index (χ2v) is 9.81. The predicted molar refractivity (Wildman–Crippen MR) is 115 cm³/mol. The van der Waals surface area contributed by atoms with Crippen LogP contribution in [0.25, 0.3) is 0 Å². The van der Waals surface area contributed by atoms with E-state index in [9.17, 15) is 8.42 Å². The van der Waals surface area contributed by atoms with Gasteiger partial charge in [0.2, 0.25) is 10.0 Å². The number of sulfonamides is 1. The topological polar surface area (TPSA) is 49.4 Å². The van der Waals surface area contributed by atoms with Gasteiger partial charge < -0.3 is 4.90 Å². The molecule has 2 aromatic carbocycles. The molecule has 2 aromatic rings. The van der Waals surface area contributed by atoms with Crippen molar-refractivity contribution < 1.29 is 8.42 Å². The van der Waals surface area contributed by atoms with E-state index in [0.29, 0.717) is 23.4 Å². The smallest absolute Gasteiger partial charge is 0.240 e. The minimum atomic E-state index is -3.43. The third-order valence-corrected chi connectivity index (χ3v) is 7.20. The van der Waals surface area contributed by atoms with Crippen LogP contribution in [0.5, 0.6) is 0 Å². The Labute approximate surface area is 170 Å². The van der Waals surface area contributed by atoms with Crippen LogP contribution in [-0.4, -0.2) is 39.0 Å². The highest BCUT2D eigenvalue weighted by Crippen LogP contribution is 2.21. The zero-order valence-corrected chi connectivity index (χ0v) is 17.8. The number of rotatable bonds is 8. The van der Waals surface area contributed by atoms with E-state index >= 15 is 0 Å². The molecule has 1 fully saturated rings. The van der Waals surface area contributed by atoms with Crippen molar-refractivity contribution in [2.75, 3.05) is 19.6 Å². The van der Waals surface area contributed by atoms with Crippen molar-refractivity contribution in [3.05, 3.63) is 65.7 Å². The van der Waals surface area contributed by atoms with E-state index in [2.05, 4.69) is 46.9 Å². The number of likely N-dealkylation sites (tertiary alicyclic amines) is 1. The molecule has 2 unspecified atom stereocenters. The van der Waals surface area contributed by atoms with Gasteiger partial charge in [0.05, 0.1) is 4.90 Å². The molecular formula is C23H32N2O2S. The Balaban J connectivity index is 1.49. The Morgan fingerprint density at radius 1 is 1.11 bits per heavy atom. The van der Waals surface area contributed by atoms with E-state index in [4.69, 9.17) is 0 Å². The fraction of sp³-hybridized carbons (Fsp3) is 0.478. The number of benzene rings is 2. The number of aryl methyl sites for hydroxylation is 2. The number of hydrogen-bond donors (Lipinski definition) is 1. The lowest BCUT2D eigenvalue weighted by Gasteiger charge is -2.37. The maximum Gasteiger partial charge on any atom is 0.240 e. The van der Waals surface area contributed by atoms with Gasteiger partial charge in [0, 0.05) is 19.1 Å². The summed E-state index contributed by atoms with van der Waals surface area (Å²) in [5.41, 5.74) is 2.44. The fourth-order valence-corrected chi connectivity index (χ4v) is 5.01. The molecule has 0 spiro atoms. The van der Waals surface area contributed by atoms with Gasteiger partial charge in [-0.15, -0.1) is 0 Å². The summed E-state index contributed by atoms with van der Waals surface area (Å²) in [6, 6.07) is 18.2. The van der Waals surface area contributed by atoms with E-state index in [1.807, 2.05) is 19.1 Å². The van der Waals surface area contributed by atoms with E-state index in [1.165, 1.54) is 5.56 Å². The highest BCUT2D eigenvalue weighted by Gasteiger charge is 2.25. The van der Waals surface area contributed by atoms with Crippen molar-refractivity contribution >= 4 is 10.0 Å². The average Bonchev–Trinajstić information content (AvgIpc) is 2.72. The minimum absolute atomic E-state index is 0.349. The molecule has 0 aromatic heterocycles. The molecule has 0 amide bonds. The molecule has 0 bridgehead atoms. The van der Waals surface area contributed by atoms with E-state index < -0.39 is 10.0 Å². The van der Waals surface area contributed by atoms with Gasteiger partial charge in [-0.25, -0.2) is 13.1 Å². The Hall–Kier alpha value is -1.69. The highest BCUT2D eigenvalue weighted by atomic mass is 32.2. The SMILES string of the molecule is Cc1ccc(S(=O)(=O)NCC2CCCN(C(C)CCc3ccccc3)C2)cc1. The van der Waals surface area contributed by atoms with Crippen molar-refractivity contribution in [2.45, 2.75) is 50.5 Å². The van der Waals surface area contributed by atoms with Crippen LogP contribution in [0.15, 0.2) is 59.5 Å². The first-order chi connectivity index (χ1) is 13.4. The lowest BCUT2D eigenvalue weighted by molar-refractivity contribution is 0.127. The Morgan fingerprint density at radius 3 is 2.54 bits per heavy atom. The maximum absolute atomic E-state index is 12.5. The van der Waals surface area contributed by atoms with Crippen LogP contribution in [0.3, 0.4) is 0 Å². The second kappa shape index (κ2) is 9.68. The van der Waals surface area contributed by atoms with Crippen molar-refractivity contribution in [1.82, 2.24) is 9.62 Å². The molecule has 5 heteroatoms. The van der Waals surface area contributed by atoms with Gasteiger partial charge >= 0.3 is 0 Å². The van der Waals surface area contributed by atoms with E-state index in [0.717, 1.165) is 44.3 Å². The second-order valence-electron chi connectivity index (χ2n) is 8.04. The van der Waals surface area contributed by atoms with E-state index in [1.54, 1.807) is 12.1 Å². The van der Waals surface area contributed by atoms with Gasteiger partial charge in [-0.05, 0) is 69.7 Å². The zero-order valence-electron chi connectivity index (χ0n) is 17.0. The van der Waals surface area contributed by atoms with Crippen molar-refractivity contribution in [1.29, 1.82) is 0 Å². The van der Waals surface area contributed by atoms with Gasteiger partial charge in [-0.2, -0.15) is 0 Å². The van der Waals surface area contributed by atoms with Crippen molar-refractivity contribution in [3.63, 3.8) is 0 Å². The first-order valence-electron chi connectivity index (χ1n) is 10.3. The van der Waals surface area contributed by atoms with Crippen LogP contribution in [0.4, 0.5) is 0 Å². The lowest BCUT2D eigenvalue weighted by Crippen LogP contribution is -2.44. The largest absolute Gasteiger partial charge is 0.300 e. The summed E-state index contributed by atoms with van der Waals surface area (Å²) in [4.78, 5) is 2.87. The number of nitrogens with zero attached hydrogens (tertiary/aromatic N) is 1. The van der Waals surface area contributed by atoms with Crippen molar-refractivity contribution in [2.24, 2.45) is 5.92 Å². The molecule has 0 radical (unpaired) electrons. The van der Waals surface area contributed by atoms with E-state index in [-0.39, 0.29) is 0 Å². The van der Waals surface area contributed by atoms with Gasteiger partial charge in [0.25, 0.3) is 0 Å². The molecule has 1 aliphatic heterocycles. The summed E-state index contributed by atoms with van der Waals surface area (Å²) in [6.45, 7) is 6.84. The Morgan fingerprint density at radius 2 is 1.82 bits per heavy atom. The predicted octanol–water partition coefficient (Wildman–Crippen LogP) is 4.01. The molecule has 1 heterocycles. The van der Waals surface area contributed by atoms with Crippen LogP contribution in [0.1, 0.15) is 37.3 Å². The molecule has 1 aliphatic rings. The lowest BCUT2D eigenvalue weighted by atomic mass is 9.95. The van der Waals surface area contributed by atoms with Crippen LogP contribution < -0.4 is 4.72 Å². The molecule has 28 heavy (non-hydrogen) atoms. The third-order valence-electron chi connectivity index (χ3n) is 5.76. The molecule has 3 rings (SSSR count). The van der Waals surface area contributed by atoms with Crippen LogP contribution in [0.2, 0.25) is 0 Å².